The fraction of sp³-hybridized carbons (Fsp3) is 0.364. The Balaban J connectivity index is 2.17. The van der Waals surface area contributed by atoms with E-state index >= 15 is 0 Å². The number of carbonyl (C=O) groups excluding carboxylic acids is 1. The van der Waals surface area contributed by atoms with Crippen molar-refractivity contribution in [3.63, 3.8) is 0 Å². The summed E-state index contributed by atoms with van der Waals surface area (Å²) in [6, 6.07) is 6.72. The summed E-state index contributed by atoms with van der Waals surface area (Å²) >= 11 is 0. The van der Waals surface area contributed by atoms with Gasteiger partial charge in [-0.25, -0.2) is 0 Å². The molecular weight excluding hydrogens is 192 g/mol. The van der Waals surface area contributed by atoms with Gasteiger partial charge in [-0.1, -0.05) is 0 Å². The molecule has 0 saturated carbocycles. The van der Waals surface area contributed by atoms with Gasteiger partial charge in [-0.2, -0.15) is 0 Å². The molecule has 1 heterocycles. The van der Waals surface area contributed by atoms with E-state index in [1.165, 1.54) is 0 Å². The highest BCUT2D eigenvalue weighted by Crippen LogP contribution is 2.19. The van der Waals surface area contributed by atoms with E-state index in [-0.39, 0.29) is 11.7 Å². The Morgan fingerprint density at radius 2 is 1.87 bits per heavy atom. The molecule has 15 heavy (non-hydrogen) atoms. The van der Waals surface area contributed by atoms with Gasteiger partial charge in [0.05, 0.1) is 6.54 Å². The summed E-state index contributed by atoms with van der Waals surface area (Å²) in [7, 11) is 1.94. The van der Waals surface area contributed by atoms with Crippen LogP contribution in [0.25, 0.3) is 0 Å². The Morgan fingerprint density at radius 3 is 2.47 bits per heavy atom. The second kappa shape index (κ2) is 3.90. The number of carbonyl (C=O) groups is 1. The highest BCUT2D eigenvalue weighted by Gasteiger charge is 2.22. The summed E-state index contributed by atoms with van der Waals surface area (Å²) in [6.45, 7) is 2.05. The third kappa shape index (κ3) is 2.10. The standard InChI is InChI=1S/C11H14N2O2/c1-12-6-7-13(11(15)8-12)9-2-4-10(14)5-3-9/h2-5,14H,6-8H2,1H3. The summed E-state index contributed by atoms with van der Waals surface area (Å²) in [4.78, 5) is 15.5. The van der Waals surface area contributed by atoms with Gasteiger partial charge in [-0.15, -0.1) is 0 Å². The minimum Gasteiger partial charge on any atom is -0.508 e. The topological polar surface area (TPSA) is 43.8 Å². The van der Waals surface area contributed by atoms with Crippen LogP contribution in [0.4, 0.5) is 5.69 Å². The van der Waals surface area contributed by atoms with E-state index in [1.807, 2.05) is 11.9 Å². The van der Waals surface area contributed by atoms with Crippen molar-refractivity contribution < 1.29 is 9.90 Å². The molecule has 1 saturated heterocycles. The second-order valence-corrected chi connectivity index (χ2v) is 3.80. The van der Waals surface area contributed by atoms with Crippen LogP contribution in [0.1, 0.15) is 0 Å². The molecule has 4 heteroatoms. The molecule has 0 atom stereocenters. The van der Waals surface area contributed by atoms with Crippen molar-refractivity contribution in [3.05, 3.63) is 24.3 Å². The lowest BCUT2D eigenvalue weighted by Crippen LogP contribution is -2.48. The molecule has 1 amide bonds. The molecule has 1 aromatic rings. The average molecular weight is 206 g/mol. The number of likely N-dealkylation sites (N-methyl/N-ethyl adjacent to an activating group) is 1. The van der Waals surface area contributed by atoms with Gasteiger partial charge >= 0.3 is 0 Å². The fourth-order valence-corrected chi connectivity index (χ4v) is 1.70. The van der Waals surface area contributed by atoms with Crippen LogP contribution in [0, 0.1) is 0 Å². The van der Waals surface area contributed by atoms with Crippen molar-refractivity contribution in [3.8, 4) is 5.75 Å². The highest BCUT2D eigenvalue weighted by molar-refractivity contribution is 5.95. The minimum atomic E-state index is 0.106. The lowest BCUT2D eigenvalue weighted by molar-refractivity contribution is -0.120. The zero-order valence-electron chi connectivity index (χ0n) is 8.68. The van der Waals surface area contributed by atoms with E-state index in [0.29, 0.717) is 13.1 Å². The van der Waals surface area contributed by atoms with E-state index in [4.69, 9.17) is 5.11 Å². The van der Waals surface area contributed by atoms with Crippen molar-refractivity contribution in [1.82, 2.24) is 4.90 Å². The van der Waals surface area contributed by atoms with E-state index in [1.54, 1.807) is 29.2 Å². The largest absolute Gasteiger partial charge is 0.508 e. The maximum absolute atomic E-state index is 11.7. The molecule has 80 valence electrons. The predicted molar refractivity (Wildman–Crippen MR) is 58.0 cm³/mol. The first-order valence-electron chi connectivity index (χ1n) is 4.95. The number of phenolic OH excluding ortho intramolecular Hbond substituents is 1. The average Bonchev–Trinajstić information content (AvgIpc) is 2.20. The van der Waals surface area contributed by atoms with E-state index in [0.717, 1.165) is 12.2 Å². The summed E-state index contributed by atoms with van der Waals surface area (Å²) in [6.07, 6.45) is 0. The minimum absolute atomic E-state index is 0.106. The molecular formula is C11H14N2O2. The molecule has 0 unspecified atom stereocenters. The number of anilines is 1. The smallest absolute Gasteiger partial charge is 0.241 e. The number of piperazine rings is 1. The van der Waals surface area contributed by atoms with Crippen LogP contribution in [0.3, 0.4) is 0 Å². The zero-order valence-corrected chi connectivity index (χ0v) is 8.68. The summed E-state index contributed by atoms with van der Waals surface area (Å²) < 4.78 is 0. The number of benzene rings is 1. The van der Waals surface area contributed by atoms with Crippen LogP contribution in [0.5, 0.6) is 5.75 Å². The highest BCUT2D eigenvalue weighted by atomic mass is 16.3. The Labute approximate surface area is 88.7 Å². The number of nitrogens with zero attached hydrogens (tertiary/aromatic N) is 2. The number of rotatable bonds is 1. The Bertz CT molecular complexity index is 361. The monoisotopic (exact) mass is 206 g/mol. The van der Waals surface area contributed by atoms with Crippen LogP contribution in [-0.2, 0) is 4.79 Å². The number of hydrogen-bond donors (Lipinski definition) is 1. The van der Waals surface area contributed by atoms with Crippen LogP contribution >= 0.6 is 0 Å². The Hall–Kier alpha value is -1.55. The van der Waals surface area contributed by atoms with Crippen molar-refractivity contribution in [2.75, 3.05) is 31.6 Å². The normalized spacial score (nSPS) is 18.2. The SMILES string of the molecule is CN1CCN(c2ccc(O)cc2)C(=O)C1. The van der Waals surface area contributed by atoms with E-state index in [2.05, 4.69) is 0 Å². The first-order valence-corrected chi connectivity index (χ1v) is 4.95. The van der Waals surface area contributed by atoms with Gasteiger partial charge in [-0.05, 0) is 31.3 Å². The molecule has 1 aliphatic heterocycles. The lowest BCUT2D eigenvalue weighted by atomic mass is 10.2. The molecule has 0 spiro atoms. The molecule has 0 aliphatic carbocycles. The van der Waals surface area contributed by atoms with Crippen molar-refractivity contribution in [2.24, 2.45) is 0 Å². The summed E-state index contributed by atoms with van der Waals surface area (Å²) in [5.41, 5.74) is 0.853. The van der Waals surface area contributed by atoms with E-state index < -0.39 is 0 Å². The maximum atomic E-state index is 11.7. The molecule has 0 bridgehead atoms. The quantitative estimate of drug-likeness (QED) is 0.734. The number of hydrogen-bond acceptors (Lipinski definition) is 3. The molecule has 0 aromatic heterocycles. The molecule has 1 N–H and O–H groups in total. The summed E-state index contributed by atoms with van der Waals surface area (Å²) in [5, 5.41) is 9.15. The molecule has 0 radical (unpaired) electrons. The van der Waals surface area contributed by atoms with Gasteiger partial charge in [0.2, 0.25) is 5.91 Å². The molecule has 1 aromatic carbocycles. The van der Waals surface area contributed by atoms with Crippen molar-refractivity contribution >= 4 is 11.6 Å². The van der Waals surface area contributed by atoms with Crippen LogP contribution in [0.2, 0.25) is 0 Å². The molecule has 4 nitrogen and oxygen atoms in total. The first-order chi connectivity index (χ1) is 7.16. The van der Waals surface area contributed by atoms with Crippen LogP contribution < -0.4 is 4.90 Å². The van der Waals surface area contributed by atoms with Gasteiger partial charge in [0, 0.05) is 18.8 Å². The summed E-state index contributed by atoms with van der Waals surface area (Å²) in [5.74, 6) is 0.328. The van der Waals surface area contributed by atoms with Crippen molar-refractivity contribution in [1.29, 1.82) is 0 Å². The van der Waals surface area contributed by atoms with Gasteiger partial charge in [-0.3, -0.25) is 9.69 Å². The predicted octanol–water partition coefficient (Wildman–Crippen LogP) is 0.671. The second-order valence-electron chi connectivity index (χ2n) is 3.80. The molecule has 1 aliphatic rings. The third-order valence-corrected chi connectivity index (χ3v) is 2.57. The van der Waals surface area contributed by atoms with Crippen LogP contribution in [0.15, 0.2) is 24.3 Å². The lowest BCUT2D eigenvalue weighted by Gasteiger charge is -2.32. The van der Waals surface area contributed by atoms with Crippen LogP contribution in [-0.4, -0.2) is 42.6 Å². The zero-order chi connectivity index (χ0) is 10.8. The maximum Gasteiger partial charge on any atom is 0.241 e. The van der Waals surface area contributed by atoms with Gasteiger partial charge in [0.1, 0.15) is 5.75 Å². The van der Waals surface area contributed by atoms with Gasteiger partial charge in [0.15, 0.2) is 0 Å². The number of amides is 1. The van der Waals surface area contributed by atoms with Gasteiger partial charge in [0.25, 0.3) is 0 Å². The molecule has 1 fully saturated rings. The third-order valence-electron chi connectivity index (χ3n) is 2.57. The van der Waals surface area contributed by atoms with Gasteiger partial charge < -0.3 is 10.0 Å². The molecule has 2 rings (SSSR count). The number of aromatic hydroxyl groups is 1. The fourth-order valence-electron chi connectivity index (χ4n) is 1.70. The Morgan fingerprint density at radius 1 is 1.20 bits per heavy atom. The van der Waals surface area contributed by atoms with E-state index in [9.17, 15) is 4.79 Å². The Kier molecular flexibility index (Phi) is 2.60. The van der Waals surface area contributed by atoms with Crippen molar-refractivity contribution in [2.45, 2.75) is 0 Å². The first kappa shape index (κ1) is 9.98. The number of phenols is 1.